The zero-order chi connectivity index (χ0) is 15.6. The number of benzene rings is 1. The number of nitrogens with one attached hydrogen (secondary N) is 1. The third-order valence-corrected chi connectivity index (χ3v) is 4.27. The smallest absolute Gasteiger partial charge is 0.138 e. The molecule has 118 valence electrons. The number of hydrogen-bond acceptors (Lipinski definition) is 3. The van der Waals surface area contributed by atoms with E-state index in [1.54, 1.807) is 6.20 Å². The third-order valence-electron chi connectivity index (χ3n) is 4.27. The predicted octanol–water partition coefficient (Wildman–Crippen LogP) is 3.20. The van der Waals surface area contributed by atoms with Gasteiger partial charge in [0.05, 0.1) is 13.2 Å². The van der Waals surface area contributed by atoms with Crippen molar-refractivity contribution in [3.63, 3.8) is 0 Å². The quantitative estimate of drug-likeness (QED) is 0.807. The molecule has 23 heavy (non-hydrogen) atoms. The van der Waals surface area contributed by atoms with E-state index in [1.807, 2.05) is 18.2 Å². The van der Waals surface area contributed by atoms with Crippen molar-refractivity contribution in [3.05, 3.63) is 54.1 Å². The minimum Gasteiger partial charge on any atom is -0.379 e. The molecule has 3 heterocycles. The first-order valence-electron chi connectivity index (χ1n) is 7.83. The highest BCUT2D eigenvalue weighted by Gasteiger charge is 2.18. The lowest BCUT2D eigenvalue weighted by molar-refractivity contribution is 0.0338. The maximum Gasteiger partial charge on any atom is 0.138 e. The molecule has 1 aliphatic heterocycles. The molecule has 1 aliphatic rings. The Morgan fingerprint density at radius 1 is 1.13 bits per heavy atom. The summed E-state index contributed by atoms with van der Waals surface area (Å²) >= 11 is 0. The molecule has 3 aromatic rings. The van der Waals surface area contributed by atoms with Gasteiger partial charge >= 0.3 is 0 Å². The van der Waals surface area contributed by atoms with E-state index < -0.39 is 0 Å². The minimum atomic E-state index is -0.221. The monoisotopic (exact) mass is 311 g/mol. The molecule has 0 amide bonds. The van der Waals surface area contributed by atoms with E-state index in [2.05, 4.69) is 20.9 Å². The number of aromatic nitrogens is 2. The van der Waals surface area contributed by atoms with E-state index in [1.165, 1.54) is 12.1 Å². The Balaban J connectivity index is 1.79. The van der Waals surface area contributed by atoms with E-state index in [-0.39, 0.29) is 5.82 Å². The summed E-state index contributed by atoms with van der Waals surface area (Å²) in [6, 6.07) is 10.6. The lowest BCUT2D eigenvalue weighted by atomic mass is 10.0. The van der Waals surface area contributed by atoms with Crippen LogP contribution in [0.1, 0.15) is 5.69 Å². The number of hydrogen-bond donors (Lipinski definition) is 1. The first kappa shape index (κ1) is 14.4. The van der Waals surface area contributed by atoms with E-state index in [4.69, 9.17) is 4.74 Å². The number of ether oxygens (including phenoxy) is 1. The van der Waals surface area contributed by atoms with Crippen LogP contribution in [0.3, 0.4) is 0 Å². The maximum absolute atomic E-state index is 13.3. The fourth-order valence-corrected chi connectivity index (χ4v) is 3.12. The Bertz CT molecular complexity index is 807. The number of aromatic amines is 1. The van der Waals surface area contributed by atoms with Crippen LogP contribution in [0.15, 0.2) is 42.6 Å². The van der Waals surface area contributed by atoms with Gasteiger partial charge in [0.25, 0.3) is 0 Å². The molecule has 2 aromatic heterocycles. The second-order valence-corrected chi connectivity index (χ2v) is 5.77. The molecule has 1 saturated heterocycles. The molecular formula is C18H18FN3O. The topological polar surface area (TPSA) is 41.1 Å². The van der Waals surface area contributed by atoms with Crippen LogP contribution in [0.4, 0.5) is 4.39 Å². The molecular weight excluding hydrogens is 293 g/mol. The van der Waals surface area contributed by atoms with Crippen LogP contribution in [0.2, 0.25) is 0 Å². The van der Waals surface area contributed by atoms with E-state index in [9.17, 15) is 4.39 Å². The van der Waals surface area contributed by atoms with Gasteiger partial charge in [-0.05, 0) is 29.8 Å². The van der Waals surface area contributed by atoms with E-state index >= 15 is 0 Å². The van der Waals surface area contributed by atoms with Gasteiger partial charge in [0.15, 0.2) is 0 Å². The molecule has 0 spiro atoms. The summed E-state index contributed by atoms with van der Waals surface area (Å²) in [6.45, 7) is 4.19. The largest absolute Gasteiger partial charge is 0.379 e. The molecule has 1 aromatic carbocycles. The Hall–Kier alpha value is -2.24. The molecule has 0 unspecified atom stereocenters. The highest BCUT2D eigenvalue weighted by molar-refractivity contribution is 5.95. The van der Waals surface area contributed by atoms with Crippen molar-refractivity contribution < 1.29 is 9.13 Å². The summed E-state index contributed by atoms with van der Waals surface area (Å²) in [5, 5.41) is 1.07. The van der Waals surface area contributed by atoms with Crippen molar-refractivity contribution in [1.82, 2.24) is 14.9 Å². The molecule has 1 fully saturated rings. The summed E-state index contributed by atoms with van der Waals surface area (Å²) in [7, 11) is 0. The van der Waals surface area contributed by atoms with E-state index in [0.717, 1.165) is 60.7 Å². The lowest BCUT2D eigenvalue weighted by Crippen LogP contribution is -2.35. The standard InChI is InChI=1S/C18H18FN3O/c19-14-5-3-13(4-6-14)17-15-2-1-7-20-18(15)21-16(17)12-22-8-10-23-11-9-22/h1-7H,8-12H2,(H,20,21). The number of nitrogens with zero attached hydrogens (tertiary/aromatic N) is 2. The van der Waals surface area contributed by atoms with Crippen molar-refractivity contribution >= 4 is 11.0 Å². The van der Waals surface area contributed by atoms with Crippen molar-refractivity contribution in [2.24, 2.45) is 0 Å². The molecule has 0 aliphatic carbocycles. The van der Waals surface area contributed by atoms with Crippen molar-refractivity contribution in [1.29, 1.82) is 0 Å². The first-order chi connectivity index (χ1) is 11.3. The summed E-state index contributed by atoms with van der Waals surface area (Å²) in [4.78, 5) is 10.2. The average Bonchev–Trinajstić information content (AvgIpc) is 2.94. The molecule has 5 heteroatoms. The number of H-pyrrole nitrogens is 1. The molecule has 0 bridgehead atoms. The number of morpholine rings is 1. The average molecular weight is 311 g/mol. The lowest BCUT2D eigenvalue weighted by Gasteiger charge is -2.26. The van der Waals surface area contributed by atoms with Crippen LogP contribution >= 0.6 is 0 Å². The van der Waals surface area contributed by atoms with Crippen LogP contribution in [0, 0.1) is 5.82 Å². The zero-order valence-electron chi connectivity index (χ0n) is 12.8. The molecule has 0 atom stereocenters. The Labute approximate surface area is 133 Å². The number of pyridine rings is 1. The summed E-state index contributed by atoms with van der Waals surface area (Å²) < 4.78 is 18.7. The Kier molecular flexibility index (Phi) is 3.81. The van der Waals surface area contributed by atoms with Gasteiger partial charge in [-0.1, -0.05) is 12.1 Å². The second kappa shape index (κ2) is 6.10. The van der Waals surface area contributed by atoms with Gasteiger partial charge < -0.3 is 9.72 Å². The van der Waals surface area contributed by atoms with Gasteiger partial charge in [0, 0.05) is 42.5 Å². The first-order valence-corrected chi connectivity index (χ1v) is 7.83. The third kappa shape index (κ3) is 2.85. The normalized spacial score (nSPS) is 16.0. The molecule has 0 radical (unpaired) electrons. The molecule has 0 saturated carbocycles. The SMILES string of the molecule is Fc1ccc(-c2c(CN3CCOCC3)[nH]c3ncccc23)cc1. The van der Waals surface area contributed by atoms with Gasteiger partial charge in [-0.3, -0.25) is 4.90 Å². The Morgan fingerprint density at radius 3 is 2.70 bits per heavy atom. The van der Waals surface area contributed by atoms with Crippen LogP contribution in [0.25, 0.3) is 22.2 Å². The summed E-state index contributed by atoms with van der Waals surface area (Å²) in [6.07, 6.45) is 1.78. The van der Waals surface area contributed by atoms with E-state index in [0.29, 0.717) is 0 Å². The molecule has 4 rings (SSSR count). The fraction of sp³-hybridized carbons (Fsp3) is 0.278. The van der Waals surface area contributed by atoms with Gasteiger partial charge in [-0.15, -0.1) is 0 Å². The van der Waals surface area contributed by atoms with Crippen LogP contribution < -0.4 is 0 Å². The second-order valence-electron chi connectivity index (χ2n) is 5.77. The molecule has 4 nitrogen and oxygen atoms in total. The zero-order valence-corrected chi connectivity index (χ0v) is 12.8. The van der Waals surface area contributed by atoms with Gasteiger partial charge in [0.2, 0.25) is 0 Å². The predicted molar refractivity (Wildman–Crippen MR) is 87.6 cm³/mol. The summed E-state index contributed by atoms with van der Waals surface area (Å²) in [5.41, 5.74) is 4.11. The summed E-state index contributed by atoms with van der Waals surface area (Å²) in [5.74, 6) is -0.221. The van der Waals surface area contributed by atoms with Crippen molar-refractivity contribution in [3.8, 4) is 11.1 Å². The van der Waals surface area contributed by atoms with Crippen LogP contribution in [0.5, 0.6) is 0 Å². The van der Waals surface area contributed by atoms with Gasteiger partial charge in [0.1, 0.15) is 11.5 Å². The van der Waals surface area contributed by atoms with Crippen LogP contribution in [-0.2, 0) is 11.3 Å². The number of halogens is 1. The number of fused-ring (bicyclic) bond motifs is 1. The minimum absolute atomic E-state index is 0.221. The van der Waals surface area contributed by atoms with Gasteiger partial charge in [-0.2, -0.15) is 0 Å². The number of rotatable bonds is 3. The van der Waals surface area contributed by atoms with Crippen molar-refractivity contribution in [2.75, 3.05) is 26.3 Å². The van der Waals surface area contributed by atoms with Gasteiger partial charge in [-0.25, -0.2) is 9.37 Å². The molecule has 1 N–H and O–H groups in total. The highest BCUT2D eigenvalue weighted by atomic mass is 19.1. The van der Waals surface area contributed by atoms with Crippen LogP contribution in [-0.4, -0.2) is 41.2 Å². The highest BCUT2D eigenvalue weighted by Crippen LogP contribution is 2.32. The van der Waals surface area contributed by atoms with Crippen molar-refractivity contribution in [2.45, 2.75) is 6.54 Å². The fourth-order valence-electron chi connectivity index (χ4n) is 3.12. The Morgan fingerprint density at radius 2 is 1.91 bits per heavy atom. The maximum atomic E-state index is 13.3.